The maximum atomic E-state index is 14.9. The number of sulfonamides is 1. The number of nitrogens with one attached hydrogen (secondary N) is 1. The van der Waals surface area contributed by atoms with Gasteiger partial charge < -0.3 is 14.9 Å². The molecule has 0 unspecified atom stereocenters. The summed E-state index contributed by atoms with van der Waals surface area (Å²) in [6, 6.07) is 4.50. The van der Waals surface area contributed by atoms with E-state index in [4.69, 9.17) is 19.0 Å². The molecule has 8 heteroatoms. The van der Waals surface area contributed by atoms with E-state index >= 15 is 0 Å². The third-order valence-corrected chi connectivity index (χ3v) is 4.70. The number of ether oxygens (including phenoxy) is 1. The van der Waals surface area contributed by atoms with Crippen LogP contribution in [0.15, 0.2) is 57.8 Å². The molecule has 0 spiro atoms. The lowest BCUT2D eigenvalue weighted by molar-refractivity contribution is 0.417. The van der Waals surface area contributed by atoms with Crippen molar-refractivity contribution < 1.29 is 26.1 Å². The van der Waals surface area contributed by atoms with E-state index in [1.54, 1.807) is 6.92 Å². The van der Waals surface area contributed by atoms with Gasteiger partial charge in [0.05, 0.1) is 27.4 Å². The first-order valence-electron chi connectivity index (χ1n) is 8.89. The van der Waals surface area contributed by atoms with E-state index in [0.29, 0.717) is 5.76 Å². The first kappa shape index (κ1) is 14.2. The fourth-order valence-corrected chi connectivity index (χ4v) is 3.20. The Kier molecular flexibility index (Phi) is 3.67. The van der Waals surface area contributed by atoms with Crippen molar-refractivity contribution >= 4 is 21.4 Å². The third kappa shape index (κ3) is 3.50. The van der Waals surface area contributed by atoms with Gasteiger partial charge in [0.15, 0.2) is 0 Å². The van der Waals surface area contributed by atoms with E-state index < -0.39 is 44.4 Å². The Hall–Kier alpha value is -3.00. The highest BCUT2D eigenvalue weighted by molar-refractivity contribution is 7.92. The van der Waals surface area contributed by atoms with Gasteiger partial charge in [-0.05, 0) is 55.4 Å². The average molecular weight is 379 g/mol. The van der Waals surface area contributed by atoms with Crippen molar-refractivity contribution in [2.75, 3.05) is 17.6 Å². The molecule has 0 saturated heterocycles. The number of benzene rings is 2. The van der Waals surface area contributed by atoms with E-state index in [2.05, 4.69) is 4.72 Å². The van der Waals surface area contributed by atoms with Gasteiger partial charge in [0.25, 0.3) is 10.0 Å². The number of methoxy groups -OCH3 is 1. The van der Waals surface area contributed by atoms with Crippen LogP contribution in [0.3, 0.4) is 0 Å². The highest BCUT2D eigenvalue weighted by Crippen LogP contribution is 2.31. The smallest absolute Gasteiger partial charge is 0.262 e. The molecule has 0 radical (unpaired) electrons. The summed E-state index contributed by atoms with van der Waals surface area (Å²) < 4.78 is 77.3. The average Bonchev–Trinajstić information content (AvgIpc) is 3.06. The maximum absolute atomic E-state index is 14.9. The minimum atomic E-state index is -4.61. The molecule has 3 N–H and O–H groups in total. The Balaban J connectivity index is 2.17. The second-order valence-electron chi connectivity index (χ2n) is 5.37. The number of anilines is 2. The number of rotatable bonds is 5. The van der Waals surface area contributed by atoms with Crippen molar-refractivity contribution in [1.29, 1.82) is 0 Å². The Morgan fingerprint density at radius 3 is 2.69 bits per heavy atom. The van der Waals surface area contributed by atoms with Gasteiger partial charge in [-0.25, -0.2) is 12.8 Å². The molecule has 136 valence electrons. The fourth-order valence-electron chi connectivity index (χ4n) is 2.24. The molecule has 1 aromatic heterocycles. The number of furan rings is 1. The van der Waals surface area contributed by atoms with Gasteiger partial charge in [-0.15, -0.1) is 0 Å². The van der Waals surface area contributed by atoms with Crippen molar-refractivity contribution in [2.45, 2.75) is 11.8 Å². The lowest BCUT2D eigenvalue weighted by Gasteiger charge is -2.13. The van der Waals surface area contributed by atoms with Crippen molar-refractivity contribution in [2.24, 2.45) is 0 Å². The van der Waals surface area contributed by atoms with Gasteiger partial charge in [0.2, 0.25) is 0 Å². The number of hydrogen-bond donors (Lipinski definition) is 2. The first-order valence-corrected chi connectivity index (χ1v) is 8.87. The molecule has 0 aliphatic carbocycles. The standard InChI is InChI=1S/C18H17FN2O4S/c1-11-3-7-17(25-11)14-6-5-13(10-15(14)19)26(22,23)21-16-9-12(20)4-8-18(16)24-2/h3-10,21H,20H2,1-2H3/i5D,6D,10D. The van der Waals surface area contributed by atoms with E-state index in [1.807, 2.05) is 0 Å². The highest BCUT2D eigenvalue weighted by Gasteiger charge is 2.20. The third-order valence-electron chi connectivity index (χ3n) is 3.47. The lowest BCUT2D eigenvalue weighted by atomic mass is 10.1. The zero-order chi connectivity index (χ0) is 21.5. The summed E-state index contributed by atoms with van der Waals surface area (Å²) in [5.41, 5.74) is 5.40. The van der Waals surface area contributed by atoms with Crippen LogP contribution in [0.25, 0.3) is 11.3 Å². The van der Waals surface area contributed by atoms with Crippen molar-refractivity contribution in [3.05, 3.63) is 60.0 Å². The quantitative estimate of drug-likeness (QED) is 0.658. The van der Waals surface area contributed by atoms with E-state index in [0.717, 1.165) is 0 Å². The van der Waals surface area contributed by atoms with E-state index in [-0.39, 0.29) is 22.9 Å². The van der Waals surface area contributed by atoms with Crippen LogP contribution >= 0.6 is 0 Å². The molecule has 0 fully saturated rings. The fraction of sp³-hybridized carbons (Fsp3) is 0.111. The Morgan fingerprint density at radius 2 is 2.04 bits per heavy atom. The van der Waals surface area contributed by atoms with Crippen LogP contribution in [0.4, 0.5) is 15.8 Å². The van der Waals surface area contributed by atoms with Gasteiger partial charge in [-0.1, -0.05) is 0 Å². The molecule has 2 aromatic carbocycles. The van der Waals surface area contributed by atoms with Gasteiger partial charge in [0, 0.05) is 5.69 Å². The number of hydrogen-bond acceptors (Lipinski definition) is 5. The largest absolute Gasteiger partial charge is 0.495 e. The number of aryl methyl sites for hydroxylation is 1. The summed E-state index contributed by atoms with van der Waals surface area (Å²) in [6.07, 6.45) is 0. The summed E-state index contributed by atoms with van der Waals surface area (Å²) in [5.74, 6) is -0.777. The zero-order valence-corrected chi connectivity index (χ0v) is 14.7. The van der Waals surface area contributed by atoms with Gasteiger partial charge in [-0.3, -0.25) is 4.72 Å². The molecule has 26 heavy (non-hydrogen) atoms. The predicted octanol–water partition coefficient (Wildman–Crippen LogP) is 3.79. The molecule has 0 aliphatic rings. The van der Waals surface area contributed by atoms with Gasteiger partial charge >= 0.3 is 0 Å². The predicted molar refractivity (Wildman–Crippen MR) is 97.1 cm³/mol. The number of nitrogens with two attached hydrogens (primary N) is 1. The van der Waals surface area contributed by atoms with Crippen LogP contribution < -0.4 is 15.2 Å². The number of halogens is 1. The topological polar surface area (TPSA) is 94.6 Å². The maximum Gasteiger partial charge on any atom is 0.262 e. The molecular weight excluding hydrogens is 359 g/mol. The molecule has 0 atom stereocenters. The normalized spacial score (nSPS) is 13.0. The van der Waals surface area contributed by atoms with Crippen LogP contribution in [0.1, 0.15) is 9.87 Å². The molecule has 1 heterocycles. The second kappa shape index (κ2) is 6.72. The highest BCUT2D eigenvalue weighted by atomic mass is 32.2. The van der Waals surface area contributed by atoms with Crippen LogP contribution in [0, 0.1) is 12.7 Å². The molecule has 0 amide bonds. The van der Waals surface area contributed by atoms with Crippen molar-refractivity contribution in [3.8, 4) is 17.1 Å². The van der Waals surface area contributed by atoms with Gasteiger partial charge in [-0.2, -0.15) is 0 Å². The minimum absolute atomic E-state index is 0.0519. The Labute approximate surface area is 154 Å². The summed E-state index contributed by atoms with van der Waals surface area (Å²) in [6.45, 7) is 1.61. The van der Waals surface area contributed by atoms with Crippen molar-refractivity contribution in [1.82, 2.24) is 0 Å². The first-order chi connectivity index (χ1) is 13.6. The van der Waals surface area contributed by atoms with Crippen LogP contribution in [-0.4, -0.2) is 15.5 Å². The zero-order valence-electron chi connectivity index (χ0n) is 16.9. The molecule has 3 aromatic rings. The molecule has 0 aliphatic heterocycles. The number of nitrogen functional groups attached to an aromatic ring is 1. The summed E-state index contributed by atoms with van der Waals surface area (Å²) in [5, 5.41) is 0. The molecule has 0 bridgehead atoms. The molecule has 3 rings (SSSR count). The SMILES string of the molecule is [2H]c1c([2H])c(S(=O)(=O)Nc2cc(N)ccc2OC)c([2H])c(F)c1-c1ccc(C)o1. The minimum Gasteiger partial charge on any atom is -0.495 e. The van der Waals surface area contributed by atoms with Crippen LogP contribution in [-0.2, 0) is 10.0 Å². The molecular formula is C18H17FN2O4S. The second-order valence-corrected chi connectivity index (χ2v) is 6.99. The molecule has 6 nitrogen and oxygen atoms in total. The van der Waals surface area contributed by atoms with Gasteiger partial charge in [0.1, 0.15) is 23.1 Å². The molecule has 0 saturated carbocycles. The van der Waals surface area contributed by atoms with E-state index in [1.165, 1.54) is 37.4 Å². The monoisotopic (exact) mass is 379 g/mol. The summed E-state index contributed by atoms with van der Waals surface area (Å²) in [4.78, 5) is -0.975. The van der Waals surface area contributed by atoms with E-state index in [9.17, 15) is 12.8 Å². The Morgan fingerprint density at radius 1 is 1.27 bits per heavy atom. The Bertz CT molecular complexity index is 1180. The van der Waals surface area contributed by atoms with Crippen LogP contribution in [0.2, 0.25) is 0 Å². The van der Waals surface area contributed by atoms with Crippen LogP contribution in [0.5, 0.6) is 5.75 Å². The summed E-state index contributed by atoms with van der Waals surface area (Å²) >= 11 is 0. The summed E-state index contributed by atoms with van der Waals surface area (Å²) in [7, 11) is -3.30. The lowest BCUT2D eigenvalue weighted by Crippen LogP contribution is -2.14. The van der Waals surface area contributed by atoms with Crippen molar-refractivity contribution in [3.63, 3.8) is 0 Å².